The SMILES string of the molecule is COc1ccc(C2(O)CCCCC2)cc1C. The number of methoxy groups -OCH3 is 1. The molecular weight excluding hydrogens is 200 g/mol. The van der Waals surface area contributed by atoms with E-state index in [2.05, 4.69) is 6.07 Å². The van der Waals surface area contributed by atoms with Crippen LogP contribution in [-0.4, -0.2) is 12.2 Å². The van der Waals surface area contributed by atoms with E-state index >= 15 is 0 Å². The Morgan fingerprint density at radius 3 is 2.44 bits per heavy atom. The van der Waals surface area contributed by atoms with Gasteiger partial charge in [-0.15, -0.1) is 0 Å². The fourth-order valence-electron chi connectivity index (χ4n) is 2.59. The van der Waals surface area contributed by atoms with Gasteiger partial charge < -0.3 is 9.84 Å². The predicted molar refractivity (Wildman–Crippen MR) is 64.7 cm³/mol. The highest BCUT2D eigenvalue weighted by atomic mass is 16.5. The maximum atomic E-state index is 10.6. The Bertz CT molecular complexity index is 365. The maximum Gasteiger partial charge on any atom is 0.121 e. The Kier molecular flexibility index (Phi) is 3.20. The van der Waals surface area contributed by atoms with Crippen molar-refractivity contribution in [1.29, 1.82) is 0 Å². The molecule has 1 aromatic carbocycles. The molecule has 16 heavy (non-hydrogen) atoms. The van der Waals surface area contributed by atoms with E-state index in [-0.39, 0.29) is 0 Å². The molecule has 2 heteroatoms. The first-order valence-corrected chi connectivity index (χ1v) is 6.03. The second-order valence-electron chi connectivity index (χ2n) is 4.78. The van der Waals surface area contributed by atoms with Gasteiger partial charge in [0.15, 0.2) is 0 Å². The Hall–Kier alpha value is -1.02. The molecule has 2 nitrogen and oxygen atoms in total. The van der Waals surface area contributed by atoms with Crippen molar-refractivity contribution in [3.8, 4) is 5.75 Å². The minimum absolute atomic E-state index is 0.602. The molecular formula is C14H20O2. The minimum atomic E-state index is -0.602. The van der Waals surface area contributed by atoms with Gasteiger partial charge in [-0.3, -0.25) is 0 Å². The van der Waals surface area contributed by atoms with Gasteiger partial charge >= 0.3 is 0 Å². The van der Waals surface area contributed by atoms with Crippen molar-refractivity contribution in [2.45, 2.75) is 44.6 Å². The highest BCUT2D eigenvalue weighted by Gasteiger charge is 2.31. The van der Waals surface area contributed by atoms with Crippen LogP contribution >= 0.6 is 0 Å². The molecule has 0 aliphatic heterocycles. The van der Waals surface area contributed by atoms with Crippen LogP contribution in [0.5, 0.6) is 5.75 Å². The average Bonchev–Trinajstić information content (AvgIpc) is 2.30. The third kappa shape index (κ3) is 2.07. The topological polar surface area (TPSA) is 29.5 Å². The Balaban J connectivity index is 2.29. The van der Waals surface area contributed by atoms with E-state index in [9.17, 15) is 5.11 Å². The largest absolute Gasteiger partial charge is 0.496 e. The Morgan fingerprint density at radius 1 is 1.19 bits per heavy atom. The fraction of sp³-hybridized carbons (Fsp3) is 0.571. The first kappa shape index (κ1) is 11.5. The van der Waals surface area contributed by atoms with Crippen LogP contribution in [0, 0.1) is 6.92 Å². The fourth-order valence-corrected chi connectivity index (χ4v) is 2.59. The number of benzene rings is 1. The second-order valence-corrected chi connectivity index (χ2v) is 4.78. The van der Waals surface area contributed by atoms with Gasteiger partial charge in [-0.05, 0) is 43.0 Å². The third-order valence-corrected chi connectivity index (χ3v) is 3.61. The van der Waals surface area contributed by atoms with Crippen LogP contribution in [0.4, 0.5) is 0 Å². The molecule has 88 valence electrons. The number of rotatable bonds is 2. The molecule has 0 saturated heterocycles. The first-order valence-electron chi connectivity index (χ1n) is 6.03. The van der Waals surface area contributed by atoms with E-state index in [1.165, 1.54) is 6.42 Å². The van der Waals surface area contributed by atoms with Gasteiger partial charge in [0.2, 0.25) is 0 Å². The van der Waals surface area contributed by atoms with Gasteiger partial charge in [0.1, 0.15) is 5.75 Å². The first-order chi connectivity index (χ1) is 7.65. The summed E-state index contributed by atoms with van der Waals surface area (Å²) in [7, 11) is 1.68. The number of aliphatic hydroxyl groups is 1. The number of aryl methyl sites for hydroxylation is 1. The van der Waals surface area contributed by atoms with Gasteiger partial charge in [-0.2, -0.15) is 0 Å². The Morgan fingerprint density at radius 2 is 1.88 bits per heavy atom. The van der Waals surface area contributed by atoms with Crippen molar-refractivity contribution in [1.82, 2.24) is 0 Å². The summed E-state index contributed by atoms with van der Waals surface area (Å²) >= 11 is 0. The number of hydrogen-bond donors (Lipinski definition) is 1. The summed E-state index contributed by atoms with van der Waals surface area (Å²) in [5.41, 5.74) is 1.54. The molecule has 1 aliphatic rings. The quantitative estimate of drug-likeness (QED) is 0.829. The number of ether oxygens (including phenoxy) is 1. The maximum absolute atomic E-state index is 10.6. The van der Waals surface area contributed by atoms with E-state index in [0.29, 0.717) is 0 Å². The lowest BCUT2D eigenvalue weighted by Gasteiger charge is -2.32. The summed E-state index contributed by atoms with van der Waals surface area (Å²) in [4.78, 5) is 0. The van der Waals surface area contributed by atoms with Crippen LogP contribution in [0.2, 0.25) is 0 Å². The van der Waals surface area contributed by atoms with E-state index in [0.717, 1.165) is 42.6 Å². The molecule has 0 aromatic heterocycles. The lowest BCUT2D eigenvalue weighted by atomic mass is 9.79. The van der Waals surface area contributed by atoms with Crippen LogP contribution in [0.25, 0.3) is 0 Å². The van der Waals surface area contributed by atoms with E-state index in [1.54, 1.807) is 7.11 Å². The van der Waals surface area contributed by atoms with Gasteiger partial charge in [-0.1, -0.05) is 25.3 Å². The van der Waals surface area contributed by atoms with Crippen molar-refractivity contribution in [3.63, 3.8) is 0 Å². The summed E-state index contributed by atoms with van der Waals surface area (Å²) in [6, 6.07) is 6.01. The zero-order chi connectivity index (χ0) is 11.6. The molecule has 1 aliphatic carbocycles. The van der Waals surface area contributed by atoms with E-state index in [4.69, 9.17) is 4.74 Å². The van der Waals surface area contributed by atoms with Gasteiger partial charge in [0, 0.05) is 0 Å². The molecule has 0 amide bonds. The van der Waals surface area contributed by atoms with Crippen molar-refractivity contribution in [3.05, 3.63) is 29.3 Å². The molecule has 2 rings (SSSR count). The molecule has 0 bridgehead atoms. The van der Waals surface area contributed by atoms with E-state index < -0.39 is 5.60 Å². The van der Waals surface area contributed by atoms with Crippen LogP contribution < -0.4 is 4.74 Å². The zero-order valence-corrected chi connectivity index (χ0v) is 10.1. The van der Waals surface area contributed by atoms with Crippen LogP contribution in [0.1, 0.15) is 43.2 Å². The zero-order valence-electron chi connectivity index (χ0n) is 10.1. The van der Waals surface area contributed by atoms with Crippen molar-refractivity contribution >= 4 is 0 Å². The van der Waals surface area contributed by atoms with Crippen LogP contribution in [0.15, 0.2) is 18.2 Å². The van der Waals surface area contributed by atoms with Crippen molar-refractivity contribution < 1.29 is 9.84 Å². The molecule has 0 atom stereocenters. The van der Waals surface area contributed by atoms with Crippen molar-refractivity contribution in [2.75, 3.05) is 7.11 Å². The Labute approximate surface area is 97.3 Å². The van der Waals surface area contributed by atoms with Gasteiger partial charge in [0.25, 0.3) is 0 Å². The second kappa shape index (κ2) is 4.46. The van der Waals surface area contributed by atoms with Crippen molar-refractivity contribution in [2.24, 2.45) is 0 Å². The third-order valence-electron chi connectivity index (χ3n) is 3.61. The van der Waals surface area contributed by atoms with Crippen LogP contribution in [-0.2, 0) is 5.60 Å². The molecule has 0 heterocycles. The summed E-state index contributed by atoms with van der Waals surface area (Å²) in [6.45, 7) is 2.02. The summed E-state index contributed by atoms with van der Waals surface area (Å²) in [5, 5.41) is 10.6. The standard InChI is InChI=1S/C14H20O2/c1-11-10-12(6-7-13(11)16-2)14(15)8-4-3-5-9-14/h6-7,10,15H,3-5,8-9H2,1-2H3. The number of hydrogen-bond acceptors (Lipinski definition) is 2. The molecule has 0 spiro atoms. The molecule has 1 fully saturated rings. The highest BCUT2D eigenvalue weighted by Crippen LogP contribution is 2.38. The molecule has 0 unspecified atom stereocenters. The normalized spacial score (nSPS) is 19.4. The van der Waals surface area contributed by atoms with Gasteiger partial charge in [-0.25, -0.2) is 0 Å². The van der Waals surface area contributed by atoms with Crippen LogP contribution in [0.3, 0.4) is 0 Å². The van der Waals surface area contributed by atoms with Gasteiger partial charge in [0.05, 0.1) is 12.7 Å². The summed E-state index contributed by atoms with van der Waals surface area (Å²) in [6.07, 6.45) is 5.28. The smallest absolute Gasteiger partial charge is 0.121 e. The minimum Gasteiger partial charge on any atom is -0.496 e. The molecule has 1 saturated carbocycles. The average molecular weight is 220 g/mol. The molecule has 1 N–H and O–H groups in total. The predicted octanol–water partition coefficient (Wildman–Crippen LogP) is 3.16. The monoisotopic (exact) mass is 220 g/mol. The summed E-state index contributed by atoms with van der Waals surface area (Å²) < 4.78 is 5.24. The lowest BCUT2D eigenvalue weighted by Crippen LogP contribution is -2.28. The molecule has 0 radical (unpaired) electrons. The van der Waals surface area contributed by atoms with E-state index in [1.807, 2.05) is 19.1 Å². The molecule has 1 aromatic rings. The highest BCUT2D eigenvalue weighted by molar-refractivity contribution is 5.38. The summed E-state index contributed by atoms with van der Waals surface area (Å²) in [5.74, 6) is 0.892. The lowest BCUT2D eigenvalue weighted by molar-refractivity contribution is -0.000706.